The van der Waals surface area contributed by atoms with Crippen LogP contribution in [0.15, 0.2) is 43.0 Å². The number of nitrogens with zero attached hydrogens (tertiary/aromatic N) is 3. The highest BCUT2D eigenvalue weighted by Gasteiger charge is 2.10. The predicted octanol–water partition coefficient (Wildman–Crippen LogP) is 2.66. The third-order valence-corrected chi connectivity index (χ3v) is 3.01. The first-order chi connectivity index (χ1) is 8.45. The first kappa shape index (κ1) is 8.64. The minimum Gasteiger partial charge on any atom is -0.343 e. The minimum atomic E-state index is 0.881. The zero-order valence-electron chi connectivity index (χ0n) is 8.88. The van der Waals surface area contributed by atoms with Gasteiger partial charge in [0, 0.05) is 23.2 Å². The molecule has 1 N–H and O–H groups in total. The van der Waals surface area contributed by atoms with Crippen molar-refractivity contribution in [3.8, 4) is 0 Å². The summed E-state index contributed by atoms with van der Waals surface area (Å²) in [6.07, 6.45) is 5.27. The van der Waals surface area contributed by atoms with Crippen LogP contribution in [0, 0.1) is 0 Å². The van der Waals surface area contributed by atoms with E-state index >= 15 is 0 Å². The molecule has 4 aromatic rings. The van der Waals surface area contributed by atoms with Gasteiger partial charge in [-0.15, -0.1) is 0 Å². The molecular weight excluding hydrogens is 212 g/mol. The van der Waals surface area contributed by atoms with E-state index < -0.39 is 0 Å². The molecule has 0 aliphatic heterocycles. The topological polar surface area (TPSA) is 54.5 Å². The van der Waals surface area contributed by atoms with Crippen LogP contribution in [-0.4, -0.2) is 19.9 Å². The van der Waals surface area contributed by atoms with Gasteiger partial charge in [0.15, 0.2) is 0 Å². The molecule has 0 unspecified atom stereocenters. The van der Waals surface area contributed by atoms with Gasteiger partial charge in [-0.25, -0.2) is 4.98 Å². The SMILES string of the molecule is c1cnc2c(c1)c1cccnc1c1[nH]cnc21. The largest absolute Gasteiger partial charge is 0.343 e. The molecule has 17 heavy (non-hydrogen) atoms. The van der Waals surface area contributed by atoms with Gasteiger partial charge in [0.25, 0.3) is 0 Å². The van der Waals surface area contributed by atoms with Gasteiger partial charge in [-0.3, -0.25) is 9.97 Å². The smallest absolute Gasteiger partial charge is 0.117 e. The Kier molecular flexibility index (Phi) is 1.53. The zero-order valence-corrected chi connectivity index (χ0v) is 8.88. The molecule has 0 saturated carbocycles. The molecule has 0 atom stereocenters. The van der Waals surface area contributed by atoms with Crippen LogP contribution in [0.5, 0.6) is 0 Å². The van der Waals surface area contributed by atoms with E-state index in [1.54, 1.807) is 18.7 Å². The number of fused-ring (bicyclic) bond motifs is 6. The molecule has 4 nitrogen and oxygen atoms in total. The van der Waals surface area contributed by atoms with Crippen LogP contribution in [0.25, 0.3) is 32.8 Å². The van der Waals surface area contributed by atoms with Crippen LogP contribution in [0.3, 0.4) is 0 Å². The lowest BCUT2D eigenvalue weighted by Crippen LogP contribution is -1.86. The van der Waals surface area contributed by atoms with Gasteiger partial charge in [-0.05, 0) is 12.1 Å². The maximum absolute atomic E-state index is 4.43. The Bertz CT molecular complexity index is 778. The van der Waals surface area contributed by atoms with Crippen molar-refractivity contribution in [3.05, 3.63) is 43.0 Å². The van der Waals surface area contributed by atoms with Gasteiger partial charge >= 0.3 is 0 Å². The van der Waals surface area contributed by atoms with Crippen LogP contribution >= 0.6 is 0 Å². The Morgan fingerprint density at radius 2 is 1.47 bits per heavy atom. The fourth-order valence-corrected chi connectivity index (χ4v) is 2.29. The van der Waals surface area contributed by atoms with Gasteiger partial charge in [-0.1, -0.05) is 12.1 Å². The molecule has 0 aliphatic rings. The summed E-state index contributed by atoms with van der Waals surface area (Å²) in [5, 5.41) is 2.20. The zero-order chi connectivity index (χ0) is 11.2. The van der Waals surface area contributed by atoms with Gasteiger partial charge < -0.3 is 4.98 Å². The average Bonchev–Trinajstić information content (AvgIpc) is 2.89. The van der Waals surface area contributed by atoms with Crippen LogP contribution in [0.2, 0.25) is 0 Å². The predicted molar refractivity (Wildman–Crippen MR) is 66.7 cm³/mol. The first-order valence-corrected chi connectivity index (χ1v) is 5.39. The van der Waals surface area contributed by atoms with E-state index in [1.807, 2.05) is 12.1 Å². The Labute approximate surface area is 96.3 Å². The Hall–Kier alpha value is -2.49. The third-order valence-electron chi connectivity index (χ3n) is 3.01. The number of benzene rings is 1. The summed E-state index contributed by atoms with van der Waals surface area (Å²) in [7, 11) is 0. The summed E-state index contributed by atoms with van der Waals surface area (Å²) in [4.78, 5) is 16.3. The van der Waals surface area contributed by atoms with E-state index in [1.165, 1.54) is 0 Å². The molecule has 80 valence electrons. The molecule has 3 heterocycles. The molecule has 3 aromatic heterocycles. The maximum atomic E-state index is 4.43. The van der Waals surface area contributed by atoms with Crippen LogP contribution < -0.4 is 0 Å². The molecule has 0 aliphatic carbocycles. The van der Waals surface area contributed by atoms with E-state index in [0.717, 1.165) is 32.8 Å². The Balaban J connectivity index is 2.48. The van der Waals surface area contributed by atoms with E-state index in [0.29, 0.717) is 0 Å². The number of rotatable bonds is 0. The van der Waals surface area contributed by atoms with E-state index in [9.17, 15) is 0 Å². The van der Waals surface area contributed by atoms with Crippen molar-refractivity contribution >= 4 is 32.8 Å². The monoisotopic (exact) mass is 220 g/mol. The molecular formula is C13H8N4. The summed E-state index contributed by atoms with van der Waals surface area (Å²) in [6, 6.07) is 8.00. The van der Waals surface area contributed by atoms with Crippen molar-refractivity contribution in [3.63, 3.8) is 0 Å². The quantitative estimate of drug-likeness (QED) is 0.463. The number of pyridine rings is 2. The molecule has 0 saturated heterocycles. The molecule has 1 aromatic carbocycles. The highest BCUT2D eigenvalue weighted by Crippen LogP contribution is 2.29. The third kappa shape index (κ3) is 1.04. The number of hydrogen-bond acceptors (Lipinski definition) is 3. The van der Waals surface area contributed by atoms with Gasteiger partial charge in [0.05, 0.1) is 22.9 Å². The van der Waals surface area contributed by atoms with Crippen LogP contribution in [-0.2, 0) is 0 Å². The Morgan fingerprint density at radius 1 is 0.765 bits per heavy atom. The Morgan fingerprint density at radius 3 is 2.29 bits per heavy atom. The lowest BCUT2D eigenvalue weighted by molar-refractivity contribution is 1.34. The van der Waals surface area contributed by atoms with Crippen molar-refractivity contribution < 1.29 is 0 Å². The molecule has 0 bridgehead atoms. The number of H-pyrrole nitrogens is 1. The molecule has 0 radical (unpaired) electrons. The minimum absolute atomic E-state index is 0.881. The lowest BCUT2D eigenvalue weighted by Gasteiger charge is -2.03. The number of aromatic amines is 1. The maximum Gasteiger partial charge on any atom is 0.117 e. The van der Waals surface area contributed by atoms with Gasteiger partial charge in [-0.2, -0.15) is 0 Å². The van der Waals surface area contributed by atoms with Crippen molar-refractivity contribution in [2.45, 2.75) is 0 Å². The lowest BCUT2D eigenvalue weighted by atomic mass is 10.1. The number of hydrogen-bond donors (Lipinski definition) is 1. The van der Waals surface area contributed by atoms with Crippen molar-refractivity contribution in [1.29, 1.82) is 0 Å². The molecule has 4 rings (SSSR count). The van der Waals surface area contributed by atoms with E-state index in [2.05, 4.69) is 32.1 Å². The summed E-state index contributed by atoms with van der Waals surface area (Å²) in [6.45, 7) is 0. The summed E-state index contributed by atoms with van der Waals surface area (Å²) >= 11 is 0. The van der Waals surface area contributed by atoms with Crippen LogP contribution in [0.4, 0.5) is 0 Å². The highest BCUT2D eigenvalue weighted by molar-refractivity contribution is 6.20. The fourth-order valence-electron chi connectivity index (χ4n) is 2.29. The van der Waals surface area contributed by atoms with Crippen molar-refractivity contribution in [2.75, 3.05) is 0 Å². The highest BCUT2D eigenvalue weighted by atomic mass is 14.9. The summed E-state index contributed by atoms with van der Waals surface area (Å²) < 4.78 is 0. The van der Waals surface area contributed by atoms with Crippen molar-refractivity contribution in [1.82, 2.24) is 19.9 Å². The number of nitrogens with one attached hydrogen (secondary N) is 1. The molecule has 0 spiro atoms. The second-order valence-electron chi connectivity index (χ2n) is 3.93. The number of imidazole rings is 1. The standard InChI is InChI=1S/C13H8N4/c1-3-8-9-4-2-6-15-11(9)13-12(16-7-17-13)10(8)14-5-1/h1-7H,(H,16,17). The molecule has 4 heteroatoms. The normalized spacial score (nSPS) is 11.5. The van der Waals surface area contributed by atoms with E-state index in [4.69, 9.17) is 0 Å². The summed E-state index contributed by atoms with van der Waals surface area (Å²) in [5.41, 5.74) is 3.70. The van der Waals surface area contributed by atoms with Gasteiger partial charge in [0.1, 0.15) is 5.52 Å². The summed E-state index contributed by atoms with van der Waals surface area (Å²) in [5.74, 6) is 0. The molecule has 0 fully saturated rings. The number of aromatic nitrogens is 4. The fraction of sp³-hybridized carbons (Fsp3) is 0. The van der Waals surface area contributed by atoms with Crippen molar-refractivity contribution in [2.24, 2.45) is 0 Å². The second-order valence-corrected chi connectivity index (χ2v) is 3.93. The van der Waals surface area contributed by atoms with Crippen LogP contribution in [0.1, 0.15) is 0 Å². The first-order valence-electron chi connectivity index (χ1n) is 5.39. The second kappa shape index (κ2) is 3.01. The van der Waals surface area contributed by atoms with E-state index in [-0.39, 0.29) is 0 Å². The average molecular weight is 220 g/mol. The van der Waals surface area contributed by atoms with Gasteiger partial charge in [0.2, 0.25) is 0 Å². The molecule has 0 amide bonds.